The largest absolute Gasteiger partial charge is 0.477 e. The summed E-state index contributed by atoms with van der Waals surface area (Å²) < 4.78 is 10.6. The molecule has 0 bridgehead atoms. The first-order valence-corrected chi connectivity index (χ1v) is 3.69. The molecule has 1 unspecified atom stereocenters. The summed E-state index contributed by atoms with van der Waals surface area (Å²) in [6, 6.07) is 0. The zero-order valence-electron chi connectivity index (χ0n) is 6.09. The van der Waals surface area contributed by atoms with Crippen LogP contribution in [0.15, 0.2) is 4.99 Å². The number of hydrogen-bond donors (Lipinski definition) is 0. The van der Waals surface area contributed by atoms with Crippen LogP contribution < -0.4 is 0 Å². The second-order valence-corrected chi connectivity index (χ2v) is 2.67. The van der Waals surface area contributed by atoms with Crippen molar-refractivity contribution in [3.05, 3.63) is 0 Å². The summed E-state index contributed by atoms with van der Waals surface area (Å²) in [5, 5.41) is 0. The number of epoxide rings is 1. The molecular formula is C7H11NO2. The molecule has 3 nitrogen and oxygen atoms in total. The van der Waals surface area contributed by atoms with Gasteiger partial charge in [0.1, 0.15) is 6.61 Å². The number of ether oxygens (including phenoxy) is 2. The van der Waals surface area contributed by atoms with Gasteiger partial charge in [0, 0.05) is 0 Å². The molecule has 10 heavy (non-hydrogen) atoms. The third kappa shape index (κ3) is 0.736. The van der Waals surface area contributed by atoms with Gasteiger partial charge < -0.3 is 9.47 Å². The van der Waals surface area contributed by atoms with Crippen LogP contribution in [0.3, 0.4) is 0 Å². The zero-order chi connectivity index (χ0) is 7.03. The average molecular weight is 141 g/mol. The van der Waals surface area contributed by atoms with Gasteiger partial charge in [-0.1, -0.05) is 6.92 Å². The van der Waals surface area contributed by atoms with Gasteiger partial charge in [-0.3, -0.25) is 0 Å². The molecule has 1 saturated heterocycles. The maximum absolute atomic E-state index is 5.30. The van der Waals surface area contributed by atoms with E-state index in [2.05, 4.69) is 11.9 Å². The lowest BCUT2D eigenvalue weighted by molar-refractivity contribution is 0.278. The van der Waals surface area contributed by atoms with E-state index in [1.54, 1.807) is 0 Å². The van der Waals surface area contributed by atoms with Gasteiger partial charge in [-0.25, -0.2) is 4.99 Å². The van der Waals surface area contributed by atoms with E-state index in [1.807, 2.05) is 0 Å². The van der Waals surface area contributed by atoms with Crippen LogP contribution in [0.4, 0.5) is 0 Å². The summed E-state index contributed by atoms with van der Waals surface area (Å²) in [6.07, 6.45) is 0.978. The Bertz CT molecular complexity index is 172. The van der Waals surface area contributed by atoms with Gasteiger partial charge in [-0.05, 0) is 6.42 Å². The standard InChI is InChI=1S/C7H11NO2/c1-2-7(5-10-7)6-8-3-4-9-6/h2-5H2,1H3. The molecule has 1 atom stereocenters. The fourth-order valence-corrected chi connectivity index (χ4v) is 1.18. The molecule has 0 aromatic rings. The molecular weight excluding hydrogens is 130 g/mol. The van der Waals surface area contributed by atoms with Crippen LogP contribution in [0, 0.1) is 0 Å². The smallest absolute Gasteiger partial charge is 0.219 e. The van der Waals surface area contributed by atoms with E-state index >= 15 is 0 Å². The van der Waals surface area contributed by atoms with Crippen molar-refractivity contribution in [2.24, 2.45) is 4.99 Å². The van der Waals surface area contributed by atoms with Crippen molar-refractivity contribution < 1.29 is 9.47 Å². The van der Waals surface area contributed by atoms with Crippen LogP contribution in [0.2, 0.25) is 0 Å². The molecule has 3 heteroatoms. The fraction of sp³-hybridized carbons (Fsp3) is 0.857. The second-order valence-electron chi connectivity index (χ2n) is 2.67. The minimum Gasteiger partial charge on any atom is -0.477 e. The first kappa shape index (κ1) is 6.16. The lowest BCUT2D eigenvalue weighted by Gasteiger charge is -2.06. The molecule has 2 aliphatic rings. The van der Waals surface area contributed by atoms with Crippen molar-refractivity contribution >= 4 is 5.90 Å². The Balaban J connectivity index is 2.10. The SMILES string of the molecule is CCC1(C2=NCCO2)CO1. The lowest BCUT2D eigenvalue weighted by Crippen LogP contribution is -2.23. The Morgan fingerprint density at radius 1 is 1.70 bits per heavy atom. The Morgan fingerprint density at radius 3 is 2.90 bits per heavy atom. The summed E-state index contributed by atoms with van der Waals surface area (Å²) >= 11 is 0. The molecule has 0 aromatic carbocycles. The molecule has 1 fully saturated rings. The normalized spacial score (nSPS) is 37.1. The van der Waals surface area contributed by atoms with E-state index in [4.69, 9.17) is 9.47 Å². The van der Waals surface area contributed by atoms with Gasteiger partial charge in [0.2, 0.25) is 5.90 Å². The van der Waals surface area contributed by atoms with Crippen LogP contribution in [-0.2, 0) is 9.47 Å². The molecule has 0 aromatic heterocycles. The predicted molar refractivity (Wildman–Crippen MR) is 37.2 cm³/mol. The van der Waals surface area contributed by atoms with Gasteiger partial charge in [0.15, 0.2) is 5.60 Å². The summed E-state index contributed by atoms with van der Waals surface area (Å²) in [6.45, 7) is 4.43. The van der Waals surface area contributed by atoms with Crippen molar-refractivity contribution in [2.45, 2.75) is 18.9 Å². The third-order valence-corrected chi connectivity index (χ3v) is 2.04. The van der Waals surface area contributed by atoms with E-state index in [0.29, 0.717) is 0 Å². The minimum atomic E-state index is -0.101. The topological polar surface area (TPSA) is 34.1 Å². The summed E-state index contributed by atoms with van der Waals surface area (Å²) in [4.78, 5) is 4.21. The monoisotopic (exact) mass is 141 g/mol. The van der Waals surface area contributed by atoms with Crippen molar-refractivity contribution in [1.29, 1.82) is 0 Å². The van der Waals surface area contributed by atoms with Crippen LogP contribution in [0.5, 0.6) is 0 Å². The van der Waals surface area contributed by atoms with Gasteiger partial charge >= 0.3 is 0 Å². The molecule has 0 spiro atoms. The second kappa shape index (κ2) is 1.95. The summed E-state index contributed by atoms with van der Waals surface area (Å²) in [5.74, 6) is 0.829. The van der Waals surface area contributed by atoms with Crippen molar-refractivity contribution in [3.8, 4) is 0 Å². The quantitative estimate of drug-likeness (QED) is 0.527. The average Bonchev–Trinajstić information content (AvgIpc) is 2.58. The summed E-state index contributed by atoms with van der Waals surface area (Å²) in [5.41, 5.74) is -0.101. The van der Waals surface area contributed by atoms with Crippen LogP contribution in [0.1, 0.15) is 13.3 Å². The highest BCUT2D eigenvalue weighted by Crippen LogP contribution is 2.33. The van der Waals surface area contributed by atoms with Gasteiger partial charge in [0.25, 0.3) is 0 Å². The summed E-state index contributed by atoms with van der Waals surface area (Å²) in [7, 11) is 0. The van der Waals surface area contributed by atoms with Gasteiger partial charge in [-0.2, -0.15) is 0 Å². The highest BCUT2D eigenvalue weighted by Gasteiger charge is 2.50. The van der Waals surface area contributed by atoms with Crippen molar-refractivity contribution in [1.82, 2.24) is 0 Å². The van der Waals surface area contributed by atoms with E-state index in [0.717, 1.165) is 32.1 Å². The molecule has 56 valence electrons. The maximum atomic E-state index is 5.30. The van der Waals surface area contributed by atoms with Gasteiger partial charge in [0.05, 0.1) is 13.2 Å². The van der Waals surface area contributed by atoms with E-state index in [-0.39, 0.29) is 5.60 Å². The van der Waals surface area contributed by atoms with Crippen LogP contribution in [0.25, 0.3) is 0 Å². The number of aliphatic imine (C=N–C) groups is 1. The first-order valence-electron chi connectivity index (χ1n) is 3.69. The number of rotatable bonds is 2. The number of nitrogens with zero attached hydrogens (tertiary/aromatic N) is 1. The molecule has 0 amide bonds. The highest BCUT2D eigenvalue weighted by atomic mass is 16.6. The molecule has 2 aliphatic heterocycles. The Labute approximate surface area is 60.0 Å². The Morgan fingerprint density at radius 2 is 2.50 bits per heavy atom. The van der Waals surface area contributed by atoms with Gasteiger partial charge in [-0.15, -0.1) is 0 Å². The molecule has 0 radical (unpaired) electrons. The lowest BCUT2D eigenvalue weighted by atomic mass is 10.1. The zero-order valence-corrected chi connectivity index (χ0v) is 6.09. The molecule has 2 rings (SSSR count). The van der Waals surface area contributed by atoms with E-state index < -0.39 is 0 Å². The molecule has 2 heterocycles. The molecule has 0 saturated carbocycles. The van der Waals surface area contributed by atoms with Crippen LogP contribution >= 0.6 is 0 Å². The highest BCUT2D eigenvalue weighted by molar-refractivity contribution is 5.88. The molecule has 0 N–H and O–H groups in total. The van der Waals surface area contributed by atoms with Crippen molar-refractivity contribution in [3.63, 3.8) is 0 Å². The number of hydrogen-bond acceptors (Lipinski definition) is 3. The van der Waals surface area contributed by atoms with Crippen LogP contribution in [-0.4, -0.2) is 31.3 Å². The van der Waals surface area contributed by atoms with Crippen molar-refractivity contribution in [2.75, 3.05) is 19.8 Å². The Kier molecular flexibility index (Phi) is 1.20. The maximum Gasteiger partial charge on any atom is 0.219 e. The Hall–Kier alpha value is -0.570. The minimum absolute atomic E-state index is 0.101. The van der Waals surface area contributed by atoms with E-state index in [1.165, 1.54) is 0 Å². The fourth-order valence-electron chi connectivity index (χ4n) is 1.18. The van der Waals surface area contributed by atoms with E-state index in [9.17, 15) is 0 Å². The first-order chi connectivity index (χ1) is 4.87. The molecule has 0 aliphatic carbocycles. The predicted octanol–water partition coefficient (Wildman–Crippen LogP) is 0.594. The third-order valence-electron chi connectivity index (χ3n) is 2.04.